The standard InChI is InChI=1S/C11H12O3/c1-8(12)7-14-11-6-4-3-5-10(11)9(2)13/h3-6H,7H2,1-2H3. The van der Waals surface area contributed by atoms with Crippen LogP contribution in [0.5, 0.6) is 5.75 Å². The molecule has 0 unspecified atom stereocenters. The molecule has 0 bridgehead atoms. The van der Waals surface area contributed by atoms with Crippen LogP contribution in [0.2, 0.25) is 0 Å². The third-order valence-electron chi connectivity index (χ3n) is 1.70. The monoisotopic (exact) mass is 192 g/mol. The molecule has 1 aromatic rings. The lowest BCUT2D eigenvalue weighted by Crippen LogP contribution is -2.08. The van der Waals surface area contributed by atoms with Gasteiger partial charge in [-0.25, -0.2) is 0 Å². The summed E-state index contributed by atoms with van der Waals surface area (Å²) in [5.74, 6) is 0.336. The Morgan fingerprint density at radius 3 is 2.43 bits per heavy atom. The number of Topliss-reactive ketones (excluding diaryl/α,β-unsaturated/α-hetero) is 2. The summed E-state index contributed by atoms with van der Waals surface area (Å²) in [4.78, 5) is 21.8. The van der Waals surface area contributed by atoms with Gasteiger partial charge in [-0.15, -0.1) is 0 Å². The van der Waals surface area contributed by atoms with Crippen LogP contribution < -0.4 is 4.74 Å². The number of benzene rings is 1. The van der Waals surface area contributed by atoms with Gasteiger partial charge in [-0.3, -0.25) is 9.59 Å². The Morgan fingerprint density at radius 1 is 1.21 bits per heavy atom. The fourth-order valence-electron chi connectivity index (χ4n) is 1.06. The molecule has 0 amide bonds. The zero-order valence-electron chi connectivity index (χ0n) is 8.24. The molecule has 3 nitrogen and oxygen atoms in total. The zero-order chi connectivity index (χ0) is 10.6. The van der Waals surface area contributed by atoms with Gasteiger partial charge in [0.05, 0.1) is 5.56 Å². The van der Waals surface area contributed by atoms with Crippen LogP contribution in [0.4, 0.5) is 0 Å². The molecule has 0 spiro atoms. The van der Waals surface area contributed by atoms with Crippen molar-refractivity contribution in [1.82, 2.24) is 0 Å². The number of carbonyl (C=O) groups excluding carboxylic acids is 2. The molecule has 0 N–H and O–H groups in total. The van der Waals surface area contributed by atoms with Crippen molar-refractivity contribution in [3.05, 3.63) is 29.8 Å². The molecule has 0 radical (unpaired) electrons. The average Bonchev–Trinajstić information content (AvgIpc) is 2.15. The van der Waals surface area contributed by atoms with Crippen LogP contribution in [0.1, 0.15) is 24.2 Å². The van der Waals surface area contributed by atoms with E-state index in [0.29, 0.717) is 11.3 Å². The first-order valence-electron chi connectivity index (χ1n) is 4.33. The molecule has 0 aliphatic heterocycles. The van der Waals surface area contributed by atoms with Crippen LogP contribution in [0, 0.1) is 0 Å². The van der Waals surface area contributed by atoms with Crippen molar-refractivity contribution in [2.75, 3.05) is 6.61 Å². The molecule has 3 heteroatoms. The summed E-state index contributed by atoms with van der Waals surface area (Å²) in [7, 11) is 0. The third-order valence-corrected chi connectivity index (χ3v) is 1.70. The summed E-state index contributed by atoms with van der Waals surface area (Å²) in [6.07, 6.45) is 0. The Morgan fingerprint density at radius 2 is 1.86 bits per heavy atom. The van der Waals surface area contributed by atoms with Gasteiger partial charge in [-0.2, -0.15) is 0 Å². The molecule has 0 heterocycles. The lowest BCUT2D eigenvalue weighted by molar-refractivity contribution is -0.118. The van der Waals surface area contributed by atoms with Crippen LogP contribution >= 0.6 is 0 Å². The topological polar surface area (TPSA) is 43.4 Å². The number of carbonyl (C=O) groups is 2. The second-order valence-corrected chi connectivity index (χ2v) is 3.04. The van der Waals surface area contributed by atoms with Crippen molar-refractivity contribution >= 4 is 11.6 Å². The number of ketones is 2. The van der Waals surface area contributed by atoms with Crippen LogP contribution in [0.15, 0.2) is 24.3 Å². The molecule has 0 aromatic heterocycles. The zero-order valence-corrected chi connectivity index (χ0v) is 8.24. The third kappa shape index (κ3) is 2.69. The molecule has 14 heavy (non-hydrogen) atoms. The SMILES string of the molecule is CC(=O)COc1ccccc1C(C)=O. The van der Waals surface area contributed by atoms with Crippen molar-refractivity contribution in [2.24, 2.45) is 0 Å². The van der Waals surface area contributed by atoms with E-state index in [1.807, 2.05) is 0 Å². The van der Waals surface area contributed by atoms with E-state index in [9.17, 15) is 9.59 Å². The van der Waals surface area contributed by atoms with E-state index in [1.54, 1.807) is 24.3 Å². The van der Waals surface area contributed by atoms with Crippen LogP contribution in [0.3, 0.4) is 0 Å². The van der Waals surface area contributed by atoms with Gasteiger partial charge >= 0.3 is 0 Å². The van der Waals surface area contributed by atoms with Gasteiger partial charge < -0.3 is 4.74 Å². The number of ether oxygens (including phenoxy) is 1. The Labute approximate surface area is 82.7 Å². The average molecular weight is 192 g/mol. The molecule has 0 fully saturated rings. The lowest BCUT2D eigenvalue weighted by Gasteiger charge is -2.07. The fraction of sp³-hybridized carbons (Fsp3) is 0.273. The summed E-state index contributed by atoms with van der Waals surface area (Å²) >= 11 is 0. The minimum Gasteiger partial charge on any atom is -0.485 e. The predicted octanol–water partition coefficient (Wildman–Crippen LogP) is 1.86. The van der Waals surface area contributed by atoms with Gasteiger partial charge in [0.1, 0.15) is 12.4 Å². The maximum absolute atomic E-state index is 11.1. The smallest absolute Gasteiger partial charge is 0.167 e. The molecular weight excluding hydrogens is 180 g/mol. The molecule has 0 saturated heterocycles. The number of para-hydroxylation sites is 1. The minimum atomic E-state index is -0.0663. The van der Waals surface area contributed by atoms with Gasteiger partial charge in [0.15, 0.2) is 11.6 Å². The Hall–Kier alpha value is -1.64. The first kappa shape index (κ1) is 10.4. The molecule has 0 atom stereocenters. The minimum absolute atomic E-state index is 0.00426. The van der Waals surface area contributed by atoms with Gasteiger partial charge in [0, 0.05) is 0 Å². The van der Waals surface area contributed by atoms with E-state index in [1.165, 1.54) is 13.8 Å². The van der Waals surface area contributed by atoms with E-state index in [2.05, 4.69) is 0 Å². The van der Waals surface area contributed by atoms with Gasteiger partial charge in [-0.05, 0) is 26.0 Å². The second kappa shape index (κ2) is 4.56. The summed E-state index contributed by atoms with van der Waals surface area (Å²) < 4.78 is 5.19. The molecule has 0 aliphatic rings. The van der Waals surface area contributed by atoms with E-state index in [-0.39, 0.29) is 18.2 Å². The summed E-state index contributed by atoms with van der Waals surface area (Å²) in [5.41, 5.74) is 0.508. The quantitative estimate of drug-likeness (QED) is 0.684. The van der Waals surface area contributed by atoms with Crippen LogP contribution in [-0.2, 0) is 4.79 Å². The normalized spacial score (nSPS) is 9.57. The Bertz CT molecular complexity index is 355. The highest BCUT2D eigenvalue weighted by molar-refractivity contribution is 5.96. The highest BCUT2D eigenvalue weighted by atomic mass is 16.5. The van der Waals surface area contributed by atoms with E-state index in [4.69, 9.17) is 4.74 Å². The lowest BCUT2D eigenvalue weighted by atomic mass is 10.1. The van der Waals surface area contributed by atoms with Crippen molar-refractivity contribution in [3.63, 3.8) is 0 Å². The van der Waals surface area contributed by atoms with E-state index < -0.39 is 0 Å². The molecular formula is C11H12O3. The molecule has 0 saturated carbocycles. The highest BCUT2D eigenvalue weighted by Gasteiger charge is 2.07. The Balaban J connectivity index is 2.84. The first-order valence-corrected chi connectivity index (χ1v) is 4.33. The maximum atomic E-state index is 11.1. The number of rotatable bonds is 4. The van der Waals surface area contributed by atoms with Crippen molar-refractivity contribution < 1.29 is 14.3 Å². The van der Waals surface area contributed by atoms with E-state index >= 15 is 0 Å². The molecule has 1 aromatic carbocycles. The first-order chi connectivity index (χ1) is 6.61. The van der Waals surface area contributed by atoms with Crippen LogP contribution in [0.25, 0.3) is 0 Å². The summed E-state index contributed by atoms with van der Waals surface area (Å²) in [6, 6.07) is 6.89. The van der Waals surface area contributed by atoms with Crippen molar-refractivity contribution in [1.29, 1.82) is 0 Å². The number of hydrogen-bond acceptors (Lipinski definition) is 3. The number of hydrogen-bond donors (Lipinski definition) is 0. The molecule has 1 rings (SSSR count). The largest absolute Gasteiger partial charge is 0.485 e. The van der Waals surface area contributed by atoms with Gasteiger partial charge in [0.2, 0.25) is 0 Å². The van der Waals surface area contributed by atoms with Crippen molar-refractivity contribution in [2.45, 2.75) is 13.8 Å². The molecule has 0 aliphatic carbocycles. The second-order valence-electron chi connectivity index (χ2n) is 3.04. The Kier molecular flexibility index (Phi) is 3.40. The summed E-state index contributed by atoms with van der Waals surface area (Å²) in [5, 5.41) is 0. The van der Waals surface area contributed by atoms with Gasteiger partial charge in [-0.1, -0.05) is 12.1 Å². The van der Waals surface area contributed by atoms with Gasteiger partial charge in [0.25, 0.3) is 0 Å². The highest BCUT2D eigenvalue weighted by Crippen LogP contribution is 2.17. The fourth-order valence-corrected chi connectivity index (χ4v) is 1.06. The van der Waals surface area contributed by atoms with Crippen molar-refractivity contribution in [3.8, 4) is 5.75 Å². The van der Waals surface area contributed by atoms with Crippen LogP contribution in [-0.4, -0.2) is 18.2 Å². The predicted molar refractivity (Wildman–Crippen MR) is 52.6 cm³/mol. The maximum Gasteiger partial charge on any atom is 0.167 e. The summed E-state index contributed by atoms with van der Waals surface area (Å²) in [6.45, 7) is 2.91. The van der Waals surface area contributed by atoms with E-state index in [0.717, 1.165) is 0 Å². The molecule has 74 valence electrons.